The zero-order valence-electron chi connectivity index (χ0n) is 16.6. The number of alkyl halides is 3. The first-order chi connectivity index (χ1) is 12.6. The van der Waals surface area contributed by atoms with Gasteiger partial charge in [0.1, 0.15) is 0 Å². The van der Waals surface area contributed by atoms with Crippen LogP contribution in [0.3, 0.4) is 0 Å². The fourth-order valence-corrected chi connectivity index (χ4v) is 8.09. The molecule has 2 N–H and O–H groups in total. The van der Waals surface area contributed by atoms with Gasteiger partial charge in [-0.05, 0) is 105 Å². The summed E-state index contributed by atoms with van der Waals surface area (Å²) in [5.74, 6) is 2.51. The molecule has 4 aliphatic carbocycles. The van der Waals surface area contributed by atoms with Crippen molar-refractivity contribution >= 4 is 0 Å². The molecule has 4 aliphatic rings. The molecule has 9 atom stereocenters. The maximum Gasteiger partial charge on any atom is 0.417 e. The van der Waals surface area contributed by atoms with Crippen LogP contribution < -0.4 is 0 Å². The van der Waals surface area contributed by atoms with Crippen molar-refractivity contribution in [1.29, 1.82) is 0 Å². The highest BCUT2D eigenvalue weighted by Gasteiger charge is 2.62. The Kier molecular flexibility index (Phi) is 4.90. The number of rotatable bonds is 2. The second-order valence-electron chi connectivity index (χ2n) is 10.4. The lowest BCUT2D eigenvalue weighted by Crippen LogP contribution is -2.55. The number of halogens is 3. The van der Waals surface area contributed by atoms with Crippen molar-refractivity contribution in [2.24, 2.45) is 40.9 Å². The van der Waals surface area contributed by atoms with E-state index in [1.807, 2.05) is 0 Å². The van der Waals surface area contributed by atoms with Crippen LogP contribution >= 0.6 is 0 Å². The van der Waals surface area contributed by atoms with Crippen LogP contribution in [0, 0.1) is 40.9 Å². The van der Waals surface area contributed by atoms with Crippen LogP contribution in [-0.4, -0.2) is 28.1 Å². The molecule has 4 fully saturated rings. The van der Waals surface area contributed by atoms with Crippen LogP contribution in [0.5, 0.6) is 0 Å². The molecule has 4 saturated carbocycles. The molecule has 0 aromatic heterocycles. The summed E-state index contributed by atoms with van der Waals surface area (Å²) in [5.41, 5.74) is -2.27. The Morgan fingerprint density at radius 2 is 1.67 bits per heavy atom. The summed E-state index contributed by atoms with van der Waals surface area (Å²) in [5, 5.41) is 20.7. The number of hydrogen-bond donors (Lipinski definition) is 2. The third-order valence-electron chi connectivity index (χ3n) is 9.49. The summed E-state index contributed by atoms with van der Waals surface area (Å²) in [4.78, 5) is 0. The molecule has 0 amide bonds. The molecule has 0 bridgehead atoms. The van der Waals surface area contributed by atoms with E-state index in [1.54, 1.807) is 0 Å². The lowest BCUT2D eigenvalue weighted by atomic mass is 9.48. The van der Waals surface area contributed by atoms with Gasteiger partial charge in [-0.1, -0.05) is 13.8 Å². The zero-order chi connectivity index (χ0) is 19.6. The summed E-state index contributed by atoms with van der Waals surface area (Å²) in [6.45, 7) is 4.43. The molecule has 5 unspecified atom stereocenters. The normalized spacial score (nSPS) is 51.2. The standard InChI is InChI=1S/C22H35F3O2/c1-3-19(26)18-7-6-17-16-5-4-13-12-21(27,22(23,24)25)11-9-14(13)15(16)8-10-20(17,18)2/h13-19,26-27H,3-12H2,1-2H3/t13?,14?,15-,16?,17+,18-,19?,20+,21?/m1/s1. The molecular formula is C22H35F3O2. The van der Waals surface area contributed by atoms with Crippen molar-refractivity contribution in [2.75, 3.05) is 0 Å². The monoisotopic (exact) mass is 388 g/mol. The molecule has 0 aromatic rings. The van der Waals surface area contributed by atoms with E-state index in [-0.39, 0.29) is 30.3 Å². The predicted molar refractivity (Wildman–Crippen MR) is 97.9 cm³/mol. The summed E-state index contributed by atoms with van der Waals surface area (Å²) in [6, 6.07) is 0. The minimum atomic E-state index is -4.51. The van der Waals surface area contributed by atoms with Gasteiger partial charge in [0.2, 0.25) is 0 Å². The highest BCUT2D eigenvalue weighted by molar-refractivity contribution is 5.08. The fourth-order valence-electron chi connectivity index (χ4n) is 8.09. The van der Waals surface area contributed by atoms with Gasteiger partial charge < -0.3 is 10.2 Å². The van der Waals surface area contributed by atoms with Crippen molar-refractivity contribution in [3.8, 4) is 0 Å². The summed E-state index contributed by atoms with van der Waals surface area (Å²) in [7, 11) is 0. The van der Waals surface area contributed by atoms with Gasteiger partial charge in [0.25, 0.3) is 0 Å². The molecular weight excluding hydrogens is 353 g/mol. The van der Waals surface area contributed by atoms with E-state index in [0.29, 0.717) is 36.0 Å². The Bertz CT molecular complexity index is 564. The SMILES string of the molecule is CCC(O)[C@H]1CC[C@H]2C3CCC4CC(O)(C(F)(F)F)CCC4[C@H]3CC[C@]12C. The topological polar surface area (TPSA) is 40.5 Å². The third-order valence-corrected chi connectivity index (χ3v) is 9.49. The van der Waals surface area contributed by atoms with Crippen LogP contribution in [0.4, 0.5) is 13.2 Å². The van der Waals surface area contributed by atoms with Crippen molar-refractivity contribution in [3.05, 3.63) is 0 Å². The molecule has 27 heavy (non-hydrogen) atoms. The van der Waals surface area contributed by atoms with Crippen molar-refractivity contribution in [2.45, 2.75) is 95.9 Å². The molecule has 2 nitrogen and oxygen atoms in total. The smallest absolute Gasteiger partial charge is 0.393 e. The van der Waals surface area contributed by atoms with Gasteiger partial charge in [-0.2, -0.15) is 13.2 Å². The highest BCUT2D eigenvalue weighted by atomic mass is 19.4. The second-order valence-corrected chi connectivity index (χ2v) is 10.4. The maximum absolute atomic E-state index is 13.3. The molecule has 0 radical (unpaired) electrons. The van der Waals surface area contributed by atoms with Gasteiger partial charge >= 0.3 is 6.18 Å². The summed E-state index contributed by atoms with van der Waals surface area (Å²) >= 11 is 0. The van der Waals surface area contributed by atoms with E-state index in [1.165, 1.54) is 6.42 Å². The third kappa shape index (κ3) is 2.97. The first-order valence-corrected chi connectivity index (χ1v) is 11.1. The van der Waals surface area contributed by atoms with Crippen LogP contribution in [0.25, 0.3) is 0 Å². The van der Waals surface area contributed by atoms with Crippen LogP contribution in [0.2, 0.25) is 0 Å². The molecule has 0 aromatic carbocycles. The number of hydrogen-bond acceptors (Lipinski definition) is 2. The average Bonchev–Trinajstić information content (AvgIpc) is 2.97. The Balaban J connectivity index is 1.51. The Morgan fingerprint density at radius 1 is 0.963 bits per heavy atom. The summed E-state index contributed by atoms with van der Waals surface area (Å²) in [6.07, 6.45) is 2.69. The molecule has 0 saturated heterocycles. The number of aliphatic hydroxyl groups excluding tert-OH is 1. The van der Waals surface area contributed by atoms with Gasteiger partial charge in [0.15, 0.2) is 5.60 Å². The van der Waals surface area contributed by atoms with Gasteiger partial charge in [0, 0.05) is 0 Å². The zero-order valence-corrected chi connectivity index (χ0v) is 16.6. The van der Waals surface area contributed by atoms with E-state index >= 15 is 0 Å². The van der Waals surface area contributed by atoms with Crippen LogP contribution in [0.1, 0.15) is 78.1 Å². The van der Waals surface area contributed by atoms with Gasteiger partial charge in [-0.25, -0.2) is 0 Å². The van der Waals surface area contributed by atoms with Gasteiger partial charge in [-0.3, -0.25) is 0 Å². The molecule has 0 spiro atoms. The lowest BCUT2D eigenvalue weighted by molar-refractivity contribution is -0.282. The second kappa shape index (κ2) is 6.62. The number of fused-ring (bicyclic) bond motifs is 5. The molecule has 156 valence electrons. The molecule has 5 heteroatoms. The largest absolute Gasteiger partial charge is 0.417 e. The van der Waals surface area contributed by atoms with E-state index in [0.717, 1.165) is 38.5 Å². The van der Waals surface area contributed by atoms with E-state index in [2.05, 4.69) is 13.8 Å². The number of aliphatic hydroxyl groups is 2. The van der Waals surface area contributed by atoms with E-state index in [4.69, 9.17) is 0 Å². The first kappa shape index (κ1) is 20.0. The Morgan fingerprint density at radius 3 is 2.33 bits per heavy atom. The maximum atomic E-state index is 13.3. The molecule has 4 rings (SSSR count). The van der Waals surface area contributed by atoms with Crippen LogP contribution in [0.15, 0.2) is 0 Å². The van der Waals surface area contributed by atoms with Crippen LogP contribution in [-0.2, 0) is 0 Å². The van der Waals surface area contributed by atoms with E-state index < -0.39 is 11.8 Å². The Labute approximate surface area is 160 Å². The lowest BCUT2D eigenvalue weighted by Gasteiger charge is -2.57. The first-order valence-electron chi connectivity index (χ1n) is 11.1. The Hall–Kier alpha value is -0.290. The van der Waals surface area contributed by atoms with Crippen molar-refractivity contribution in [1.82, 2.24) is 0 Å². The minimum absolute atomic E-state index is 0.0226. The van der Waals surface area contributed by atoms with Gasteiger partial charge in [0.05, 0.1) is 6.10 Å². The van der Waals surface area contributed by atoms with Crippen molar-refractivity contribution in [3.63, 3.8) is 0 Å². The van der Waals surface area contributed by atoms with Gasteiger partial charge in [-0.15, -0.1) is 0 Å². The summed E-state index contributed by atoms with van der Waals surface area (Å²) < 4.78 is 40.0. The average molecular weight is 389 g/mol. The fraction of sp³-hybridized carbons (Fsp3) is 1.00. The predicted octanol–water partition coefficient (Wildman–Crippen LogP) is 5.32. The van der Waals surface area contributed by atoms with Crippen molar-refractivity contribution < 1.29 is 23.4 Å². The quantitative estimate of drug-likeness (QED) is 0.672. The molecule has 0 heterocycles. The highest BCUT2D eigenvalue weighted by Crippen LogP contribution is 2.65. The minimum Gasteiger partial charge on any atom is -0.393 e. The molecule has 0 aliphatic heterocycles. The van der Waals surface area contributed by atoms with E-state index in [9.17, 15) is 23.4 Å².